The average molecular weight is 290 g/mol. The molecule has 3 rings (SSSR count). The van der Waals surface area contributed by atoms with Gasteiger partial charge >= 0.3 is 0 Å². The van der Waals surface area contributed by atoms with Crippen molar-refractivity contribution in [3.63, 3.8) is 0 Å². The molecule has 106 valence electrons. The number of carbonyl (C=O) groups is 2. The first-order valence-electron chi connectivity index (χ1n) is 6.94. The lowest BCUT2D eigenvalue weighted by Crippen LogP contribution is -2.40. The lowest BCUT2D eigenvalue weighted by Gasteiger charge is -2.21. The summed E-state index contributed by atoms with van der Waals surface area (Å²) in [7, 11) is 0. The number of nitrogens with one attached hydrogen (secondary N) is 1. The lowest BCUT2D eigenvalue weighted by atomic mass is 10.0. The van der Waals surface area contributed by atoms with Gasteiger partial charge < -0.3 is 10.2 Å². The van der Waals surface area contributed by atoms with Gasteiger partial charge in [0.1, 0.15) is 6.54 Å². The summed E-state index contributed by atoms with van der Waals surface area (Å²) in [5.41, 5.74) is 1.16. The van der Waals surface area contributed by atoms with Crippen molar-refractivity contribution in [3.05, 3.63) is 35.9 Å². The van der Waals surface area contributed by atoms with E-state index in [0.717, 1.165) is 5.56 Å². The zero-order chi connectivity index (χ0) is 13.9. The van der Waals surface area contributed by atoms with Gasteiger partial charge in [-0.25, -0.2) is 0 Å². The highest BCUT2D eigenvalue weighted by Crippen LogP contribution is 2.40. The fourth-order valence-corrected chi connectivity index (χ4v) is 3.40. The number of amides is 2. The third kappa shape index (κ3) is 3.15. The Morgan fingerprint density at radius 2 is 2.10 bits per heavy atom. The van der Waals surface area contributed by atoms with Crippen molar-refractivity contribution in [1.29, 1.82) is 0 Å². The summed E-state index contributed by atoms with van der Waals surface area (Å²) in [4.78, 5) is 25.3. The van der Waals surface area contributed by atoms with Crippen LogP contribution in [0.2, 0.25) is 0 Å². The van der Waals surface area contributed by atoms with Crippen molar-refractivity contribution in [2.24, 2.45) is 5.92 Å². The molecular weight excluding hydrogens is 272 g/mol. The summed E-state index contributed by atoms with van der Waals surface area (Å²) >= 11 is 1.56. The maximum absolute atomic E-state index is 12.1. The smallest absolute Gasteiger partial charge is 0.240 e. The molecule has 1 saturated heterocycles. The molecule has 1 N–H and O–H groups in total. The molecule has 2 fully saturated rings. The van der Waals surface area contributed by atoms with Crippen molar-refractivity contribution in [2.45, 2.75) is 18.9 Å². The minimum atomic E-state index is -0.0541. The normalized spacial score (nSPS) is 20.0. The molecule has 0 unspecified atom stereocenters. The second-order valence-electron chi connectivity index (χ2n) is 5.36. The van der Waals surface area contributed by atoms with E-state index in [-0.39, 0.29) is 24.4 Å². The first kappa shape index (κ1) is 13.5. The average Bonchev–Trinajstić information content (AvgIpc) is 3.22. The van der Waals surface area contributed by atoms with Gasteiger partial charge in [0.2, 0.25) is 11.8 Å². The monoisotopic (exact) mass is 290 g/mol. The Hall–Kier alpha value is -1.49. The Labute approximate surface area is 122 Å². The molecule has 1 aromatic carbocycles. The molecule has 5 heteroatoms. The second-order valence-corrected chi connectivity index (χ2v) is 6.32. The molecule has 0 bridgehead atoms. The highest BCUT2D eigenvalue weighted by molar-refractivity contribution is 8.00. The van der Waals surface area contributed by atoms with Gasteiger partial charge in [0.05, 0.1) is 17.7 Å². The molecule has 0 aromatic heterocycles. The predicted molar refractivity (Wildman–Crippen MR) is 79.1 cm³/mol. The van der Waals surface area contributed by atoms with Gasteiger partial charge in [-0.2, -0.15) is 0 Å². The van der Waals surface area contributed by atoms with Crippen LogP contribution in [-0.2, 0) is 9.59 Å². The van der Waals surface area contributed by atoms with Crippen molar-refractivity contribution >= 4 is 23.6 Å². The van der Waals surface area contributed by atoms with Gasteiger partial charge in [-0.15, -0.1) is 11.8 Å². The molecular formula is C15H18N2O2S. The molecule has 1 aromatic rings. The van der Waals surface area contributed by atoms with Gasteiger partial charge in [0, 0.05) is 0 Å². The number of hydrogen-bond acceptors (Lipinski definition) is 3. The number of thioether (sulfide) groups is 1. The van der Waals surface area contributed by atoms with E-state index in [4.69, 9.17) is 0 Å². The molecule has 2 aliphatic rings. The molecule has 20 heavy (non-hydrogen) atoms. The van der Waals surface area contributed by atoms with Crippen LogP contribution >= 0.6 is 11.8 Å². The van der Waals surface area contributed by atoms with Crippen LogP contribution in [0, 0.1) is 5.92 Å². The fourth-order valence-electron chi connectivity index (χ4n) is 2.50. The van der Waals surface area contributed by atoms with Crippen LogP contribution in [0.4, 0.5) is 0 Å². The van der Waals surface area contributed by atoms with Gasteiger partial charge in [-0.1, -0.05) is 30.3 Å². The van der Waals surface area contributed by atoms with Crippen LogP contribution in [0.25, 0.3) is 0 Å². The number of carbonyl (C=O) groups excluding carboxylic acids is 2. The predicted octanol–water partition coefficient (Wildman–Crippen LogP) is 1.79. The third-order valence-corrected chi connectivity index (χ3v) is 4.67. The number of hydrogen-bond donors (Lipinski definition) is 1. The summed E-state index contributed by atoms with van der Waals surface area (Å²) in [6.07, 6.45) is 2.33. The van der Waals surface area contributed by atoms with Crippen LogP contribution < -0.4 is 5.32 Å². The Morgan fingerprint density at radius 1 is 1.35 bits per heavy atom. The zero-order valence-corrected chi connectivity index (χ0v) is 12.1. The van der Waals surface area contributed by atoms with Crippen molar-refractivity contribution in [1.82, 2.24) is 10.2 Å². The summed E-state index contributed by atoms with van der Waals surface area (Å²) in [6, 6.07) is 10.2. The molecule has 1 aliphatic heterocycles. The van der Waals surface area contributed by atoms with E-state index in [2.05, 4.69) is 17.4 Å². The van der Waals surface area contributed by atoms with E-state index < -0.39 is 0 Å². The van der Waals surface area contributed by atoms with E-state index in [1.807, 2.05) is 18.2 Å². The van der Waals surface area contributed by atoms with Crippen molar-refractivity contribution in [3.8, 4) is 0 Å². The van der Waals surface area contributed by atoms with Crippen LogP contribution in [0.15, 0.2) is 30.3 Å². The highest BCUT2D eigenvalue weighted by atomic mass is 32.2. The van der Waals surface area contributed by atoms with E-state index in [9.17, 15) is 9.59 Å². The molecule has 1 aliphatic carbocycles. The van der Waals surface area contributed by atoms with Crippen LogP contribution in [0.1, 0.15) is 24.4 Å². The number of nitrogens with zero attached hydrogens (tertiary/aromatic N) is 1. The van der Waals surface area contributed by atoms with E-state index in [0.29, 0.717) is 17.5 Å². The van der Waals surface area contributed by atoms with Crippen LogP contribution in [-0.4, -0.2) is 34.9 Å². The first-order valence-corrected chi connectivity index (χ1v) is 8.09. The van der Waals surface area contributed by atoms with Crippen molar-refractivity contribution in [2.75, 3.05) is 18.2 Å². The second kappa shape index (κ2) is 5.87. The minimum absolute atomic E-state index is 0.0541. The van der Waals surface area contributed by atoms with Gasteiger partial charge in [-0.3, -0.25) is 9.59 Å². The topological polar surface area (TPSA) is 49.4 Å². The molecule has 1 atom stereocenters. The maximum Gasteiger partial charge on any atom is 0.240 e. The SMILES string of the molecule is O=C(CN1CSCC1=O)N[C@H](c1ccccc1)C1CC1. The number of rotatable bonds is 5. The van der Waals surface area contributed by atoms with E-state index in [1.54, 1.807) is 16.7 Å². The van der Waals surface area contributed by atoms with Gasteiger partial charge in [0.15, 0.2) is 0 Å². The number of benzene rings is 1. The van der Waals surface area contributed by atoms with Crippen LogP contribution in [0.3, 0.4) is 0 Å². The highest BCUT2D eigenvalue weighted by Gasteiger charge is 2.34. The molecule has 1 heterocycles. The summed E-state index contributed by atoms with van der Waals surface area (Å²) in [5.74, 6) is 1.68. The van der Waals surface area contributed by atoms with Crippen LogP contribution in [0.5, 0.6) is 0 Å². The lowest BCUT2D eigenvalue weighted by molar-refractivity contribution is -0.132. The largest absolute Gasteiger partial charge is 0.347 e. The van der Waals surface area contributed by atoms with Gasteiger partial charge in [-0.05, 0) is 24.3 Å². The van der Waals surface area contributed by atoms with E-state index >= 15 is 0 Å². The maximum atomic E-state index is 12.1. The molecule has 2 amide bonds. The quantitative estimate of drug-likeness (QED) is 0.899. The Kier molecular flexibility index (Phi) is 3.96. The fraction of sp³-hybridized carbons (Fsp3) is 0.467. The Morgan fingerprint density at radius 3 is 2.70 bits per heavy atom. The van der Waals surface area contributed by atoms with E-state index in [1.165, 1.54) is 12.8 Å². The Balaban J connectivity index is 1.62. The molecule has 4 nitrogen and oxygen atoms in total. The van der Waals surface area contributed by atoms with Crippen molar-refractivity contribution < 1.29 is 9.59 Å². The summed E-state index contributed by atoms with van der Waals surface area (Å²) in [6.45, 7) is 0.182. The third-order valence-electron chi connectivity index (χ3n) is 3.73. The first-order chi connectivity index (χ1) is 9.74. The molecule has 0 spiro atoms. The molecule has 0 radical (unpaired) electrons. The standard InChI is InChI=1S/C15H18N2O2S/c18-13(8-17-10-20-9-14(17)19)16-15(12-6-7-12)11-4-2-1-3-5-11/h1-5,12,15H,6-10H2,(H,16,18)/t15-/m1/s1. The summed E-state index contributed by atoms with van der Waals surface area (Å²) < 4.78 is 0. The summed E-state index contributed by atoms with van der Waals surface area (Å²) in [5, 5.41) is 3.10. The zero-order valence-electron chi connectivity index (χ0n) is 11.2. The Bertz CT molecular complexity index is 502. The minimum Gasteiger partial charge on any atom is -0.347 e. The van der Waals surface area contributed by atoms with Gasteiger partial charge in [0.25, 0.3) is 0 Å². The molecule has 1 saturated carbocycles.